The van der Waals surface area contributed by atoms with E-state index in [-0.39, 0.29) is 18.3 Å². The molecule has 1 aliphatic carbocycles. The summed E-state index contributed by atoms with van der Waals surface area (Å²) < 4.78 is 19.7. The van der Waals surface area contributed by atoms with Gasteiger partial charge in [-0.25, -0.2) is 9.18 Å². The molecule has 3 unspecified atom stereocenters. The van der Waals surface area contributed by atoms with Crippen molar-refractivity contribution in [1.82, 2.24) is 0 Å². The van der Waals surface area contributed by atoms with Gasteiger partial charge in [0.1, 0.15) is 5.82 Å². The third-order valence-corrected chi connectivity index (χ3v) is 4.33. The van der Waals surface area contributed by atoms with Gasteiger partial charge in [0.25, 0.3) is 0 Å². The molecule has 1 N–H and O–H groups in total. The van der Waals surface area contributed by atoms with Gasteiger partial charge in [-0.05, 0) is 37.2 Å². The van der Waals surface area contributed by atoms with E-state index in [0.29, 0.717) is 17.4 Å². The lowest BCUT2D eigenvalue weighted by molar-refractivity contribution is -0.00850. The molecular weight excluding hydrogens is 259 g/mol. The molecule has 0 aromatic heterocycles. The van der Waals surface area contributed by atoms with E-state index in [2.05, 4.69) is 13.8 Å². The Morgan fingerprint density at radius 2 is 2.10 bits per heavy atom. The van der Waals surface area contributed by atoms with Crippen molar-refractivity contribution in [1.29, 1.82) is 0 Å². The van der Waals surface area contributed by atoms with Crippen LogP contribution >= 0.6 is 0 Å². The van der Waals surface area contributed by atoms with E-state index < -0.39 is 11.8 Å². The Morgan fingerprint density at radius 1 is 1.35 bits per heavy atom. The first-order chi connectivity index (χ1) is 9.49. The first-order valence-corrected chi connectivity index (χ1v) is 7.11. The highest BCUT2D eigenvalue weighted by molar-refractivity contribution is 5.88. The minimum Gasteiger partial charge on any atom is -0.478 e. The maximum atomic E-state index is 14.0. The molecule has 3 nitrogen and oxygen atoms in total. The minimum absolute atomic E-state index is 0.138. The first kappa shape index (κ1) is 15.0. The van der Waals surface area contributed by atoms with E-state index in [9.17, 15) is 9.18 Å². The van der Waals surface area contributed by atoms with Crippen LogP contribution in [-0.4, -0.2) is 17.2 Å². The van der Waals surface area contributed by atoms with Gasteiger partial charge in [0.05, 0.1) is 18.3 Å². The van der Waals surface area contributed by atoms with Gasteiger partial charge >= 0.3 is 5.97 Å². The highest BCUT2D eigenvalue weighted by atomic mass is 19.1. The number of hydrogen-bond donors (Lipinski definition) is 1. The number of aromatic carboxylic acids is 1. The van der Waals surface area contributed by atoms with Crippen molar-refractivity contribution >= 4 is 5.97 Å². The summed E-state index contributed by atoms with van der Waals surface area (Å²) >= 11 is 0. The SMILES string of the molecule is CC1CCC(OCc2cccc(C(=O)O)c2F)CC1C. The third-order valence-electron chi connectivity index (χ3n) is 4.33. The number of halogens is 1. The van der Waals surface area contributed by atoms with E-state index in [4.69, 9.17) is 9.84 Å². The van der Waals surface area contributed by atoms with Crippen LogP contribution in [0.4, 0.5) is 4.39 Å². The van der Waals surface area contributed by atoms with Crippen LogP contribution < -0.4 is 0 Å². The summed E-state index contributed by atoms with van der Waals surface area (Å²) in [5, 5.41) is 8.89. The molecule has 0 amide bonds. The average Bonchev–Trinajstić information content (AvgIpc) is 2.41. The average molecular weight is 280 g/mol. The number of rotatable bonds is 4. The van der Waals surface area contributed by atoms with Gasteiger partial charge in [0.15, 0.2) is 0 Å². The molecule has 0 aliphatic heterocycles. The predicted molar refractivity (Wildman–Crippen MR) is 74.1 cm³/mol. The summed E-state index contributed by atoms with van der Waals surface area (Å²) in [5.41, 5.74) is 0.0212. The number of benzene rings is 1. The highest BCUT2D eigenvalue weighted by Gasteiger charge is 2.25. The van der Waals surface area contributed by atoms with Crippen molar-refractivity contribution in [3.8, 4) is 0 Å². The van der Waals surface area contributed by atoms with Crippen molar-refractivity contribution < 1.29 is 19.0 Å². The lowest BCUT2D eigenvalue weighted by Gasteiger charge is -2.32. The molecule has 2 rings (SSSR count). The zero-order valence-electron chi connectivity index (χ0n) is 11.9. The van der Waals surface area contributed by atoms with E-state index in [1.165, 1.54) is 6.07 Å². The van der Waals surface area contributed by atoms with Gasteiger partial charge in [-0.1, -0.05) is 26.0 Å². The summed E-state index contributed by atoms with van der Waals surface area (Å²) in [5.74, 6) is -0.604. The van der Waals surface area contributed by atoms with Crippen molar-refractivity contribution in [2.75, 3.05) is 0 Å². The van der Waals surface area contributed by atoms with Crippen LogP contribution in [0, 0.1) is 17.7 Å². The van der Waals surface area contributed by atoms with Crippen molar-refractivity contribution in [2.24, 2.45) is 11.8 Å². The molecule has 1 aromatic rings. The fourth-order valence-electron chi connectivity index (χ4n) is 2.71. The van der Waals surface area contributed by atoms with Crippen molar-refractivity contribution in [3.05, 3.63) is 35.1 Å². The molecule has 3 atom stereocenters. The molecule has 1 aliphatic rings. The summed E-state index contributed by atoms with van der Waals surface area (Å²) in [6.45, 7) is 4.60. The van der Waals surface area contributed by atoms with Crippen LogP contribution in [0.3, 0.4) is 0 Å². The van der Waals surface area contributed by atoms with Crippen LogP contribution in [0.15, 0.2) is 18.2 Å². The van der Waals surface area contributed by atoms with Crippen molar-refractivity contribution in [2.45, 2.75) is 45.8 Å². The molecule has 1 aromatic carbocycles. The fraction of sp³-hybridized carbons (Fsp3) is 0.562. The Morgan fingerprint density at radius 3 is 2.75 bits per heavy atom. The Kier molecular flexibility index (Phi) is 4.76. The monoisotopic (exact) mass is 280 g/mol. The summed E-state index contributed by atoms with van der Waals surface area (Å²) in [4.78, 5) is 10.9. The lowest BCUT2D eigenvalue weighted by Crippen LogP contribution is -2.26. The fourth-order valence-corrected chi connectivity index (χ4v) is 2.71. The van der Waals surface area contributed by atoms with Gasteiger partial charge in [-0.3, -0.25) is 0 Å². The highest BCUT2D eigenvalue weighted by Crippen LogP contribution is 2.31. The Labute approximate surface area is 118 Å². The third kappa shape index (κ3) is 3.37. The molecular formula is C16H21FO3. The lowest BCUT2D eigenvalue weighted by atomic mass is 9.80. The van der Waals surface area contributed by atoms with Crippen LogP contribution in [0.1, 0.15) is 49.0 Å². The Hall–Kier alpha value is -1.42. The standard InChI is InChI=1S/C16H21FO3/c1-10-6-7-13(8-11(10)2)20-9-12-4-3-5-14(15(12)17)16(18)19/h3-5,10-11,13H,6-9H2,1-2H3,(H,18,19). The van der Waals surface area contributed by atoms with E-state index in [1.54, 1.807) is 12.1 Å². The van der Waals surface area contributed by atoms with Crippen LogP contribution in [0.25, 0.3) is 0 Å². The molecule has 0 radical (unpaired) electrons. The molecule has 0 heterocycles. The maximum absolute atomic E-state index is 14.0. The van der Waals surface area contributed by atoms with Gasteiger partial charge < -0.3 is 9.84 Å². The predicted octanol–water partition coefficient (Wildman–Crippen LogP) is 3.87. The minimum atomic E-state index is -1.25. The second kappa shape index (κ2) is 6.35. The Bertz CT molecular complexity index is 487. The Balaban J connectivity index is 1.98. The van der Waals surface area contributed by atoms with E-state index in [1.807, 2.05) is 0 Å². The topological polar surface area (TPSA) is 46.5 Å². The van der Waals surface area contributed by atoms with Gasteiger partial charge in [0, 0.05) is 5.56 Å². The zero-order valence-corrected chi connectivity index (χ0v) is 11.9. The normalized spacial score (nSPS) is 26.4. The van der Waals surface area contributed by atoms with E-state index in [0.717, 1.165) is 19.3 Å². The molecule has 110 valence electrons. The molecule has 0 spiro atoms. The second-order valence-electron chi connectivity index (χ2n) is 5.78. The van der Waals surface area contributed by atoms with Gasteiger partial charge in [-0.2, -0.15) is 0 Å². The summed E-state index contributed by atoms with van der Waals surface area (Å²) in [6, 6.07) is 4.40. The zero-order chi connectivity index (χ0) is 14.7. The van der Waals surface area contributed by atoms with Gasteiger partial charge in [-0.15, -0.1) is 0 Å². The maximum Gasteiger partial charge on any atom is 0.338 e. The summed E-state index contributed by atoms with van der Waals surface area (Å²) in [7, 11) is 0. The van der Waals surface area contributed by atoms with Crippen LogP contribution in [0.5, 0.6) is 0 Å². The van der Waals surface area contributed by atoms with Crippen molar-refractivity contribution in [3.63, 3.8) is 0 Å². The molecule has 0 saturated heterocycles. The first-order valence-electron chi connectivity index (χ1n) is 7.11. The molecule has 0 bridgehead atoms. The molecule has 4 heteroatoms. The second-order valence-corrected chi connectivity index (χ2v) is 5.78. The molecule has 1 saturated carbocycles. The van der Waals surface area contributed by atoms with Crippen LogP contribution in [0.2, 0.25) is 0 Å². The van der Waals surface area contributed by atoms with Gasteiger partial charge in [0.2, 0.25) is 0 Å². The number of carboxylic acid groups (broad SMARTS) is 1. The number of hydrogen-bond acceptors (Lipinski definition) is 2. The molecule has 20 heavy (non-hydrogen) atoms. The van der Waals surface area contributed by atoms with Crippen LogP contribution in [-0.2, 0) is 11.3 Å². The summed E-state index contributed by atoms with van der Waals surface area (Å²) in [6.07, 6.45) is 3.26. The molecule has 1 fully saturated rings. The smallest absolute Gasteiger partial charge is 0.338 e. The number of carbonyl (C=O) groups is 1. The number of carboxylic acids is 1. The quantitative estimate of drug-likeness (QED) is 0.910. The number of ether oxygens (including phenoxy) is 1. The van der Waals surface area contributed by atoms with E-state index >= 15 is 0 Å². The largest absolute Gasteiger partial charge is 0.478 e.